The summed E-state index contributed by atoms with van der Waals surface area (Å²) in [6.07, 6.45) is 1.27. The molecule has 0 saturated heterocycles. The van der Waals surface area contributed by atoms with E-state index in [1.165, 1.54) is 6.20 Å². The van der Waals surface area contributed by atoms with Crippen molar-refractivity contribution in [3.63, 3.8) is 0 Å². The van der Waals surface area contributed by atoms with Gasteiger partial charge in [-0.3, -0.25) is 5.21 Å². The minimum atomic E-state index is -0.634. The van der Waals surface area contributed by atoms with Gasteiger partial charge in [-0.2, -0.15) is 0 Å². The number of nitrogens with zero attached hydrogens (tertiary/aromatic N) is 3. The van der Waals surface area contributed by atoms with Crippen LogP contribution in [-0.2, 0) is 19.1 Å². The van der Waals surface area contributed by atoms with Crippen LogP contribution in [0.5, 0.6) is 0 Å². The first-order valence-corrected chi connectivity index (χ1v) is 8.92. The maximum Gasteiger partial charge on any atom is 0.357 e. The van der Waals surface area contributed by atoms with Gasteiger partial charge in [-0.25, -0.2) is 19.6 Å². The summed E-state index contributed by atoms with van der Waals surface area (Å²) < 4.78 is 10.1. The van der Waals surface area contributed by atoms with Crippen molar-refractivity contribution in [1.29, 1.82) is 0 Å². The molecule has 0 saturated carbocycles. The molecule has 150 valence electrons. The predicted octanol–water partition coefficient (Wildman–Crippen LogP) is 2.69. The molecule has 1 aliphatic heterocycles. The molecule has 2 rings (SSSR count). The van der Waals surface area contributed by atoms with Gasteiger partial charge in [0.1, 0.15) is 0 Å². The molecule has 0 bridgehead atoms. The Hall–Kier alpha value is -3.13. The standard InChI is InChI=1S/C20H25N3O5/c1-6-27-19(24)17-13(3)18(20(25)28-7-2)21-16(17)12-23(26)15-10-8-14(9-11-15)22(4)5/h8-12,26H,6-7H2,1-5H3. The Morgan fingerprint density at radius 3 is 2.11 bits per heavy atom. The van der Waals surface area contributed by atoms with E-state index in [1.807, 2.05) is 31.1 Å². The van der Waals surface area contributed by atoms with Crippen molar-refractivity contribution in [2.24, 2.45) is 4.99 Å². The van der Waals surface area contributed by atoms with Gasteiger partial charge in [0.05, 0.1) is 36.4 Å². The van der Waals surface area contributed by atoms with Crippen molar-refractivity contribution in [3.05, 3.63) is 47.3 Å². The van der Waals surface area contributed by atoms with E-state index in [9.17, 15) is 14.8 Å². The lowest BCUT2D eigenvalue weighted by molar-refractivity contribution is -0.138. The number of benzene rings is 1. The Balaban J connectivity index is 2.40. The lowest BCUT2D eigenvalue weighted by Gasteiger charge is -2.16. The first-order chi connectivity index (χ1) is 13.3. The molecular weight excluding hydrogens is 362 g/mol. The molecule has 0 aliphatic carbocycles. The largest absolute Gasteiger partial charge is 0.462 e. The molecule has 0 amide bonds. The zero-order valence-corrected chi connectivity index (χ0v) is 16.7. The van der Waals surface area contributed by atoms with Crippen LogP contribution in [0, 0.1) is 0 Å². The summed E-state index contributed by atoms with van der Waals surface area (Å²) in [4.78, 5) is 30.6. The predicted molar refractivity (Wildman–Crippen MR) is 107 cm³/mol. The number of anilines is 2. The van der Waals surface area contributed by atoms with Crippen LogP contribution in [0.25, 0.3) is 0 Å². The lowest BCUT2D eigenvalue weighted by atomic mass is 10.1. The topological polar surface area (TPSA) is 91.7 Å². The number of carbonyl (C=O) groups excluding carboxylic acids is 2. The molecule has 1 aromatic rings. The number of aliphatic imine (C=N–C) groups is 1. The Bertz CT molecular complexity index is 838. The highest BCUT2D eigenvalue weighted by atomic mass is 16.5. The third kappa shape index (κ3) is 4.58. The molecule has 28 heavy (non-hydrogen) atoms. The van der Waals surface area contributed by atoms with Crippen LogP contribution in [-0.4, -0.2) is 50.2 Å². The minimum absolute atomic E-state index is 0.0208. The van der Waals surface area contributed by atoms with E-state index in [4.69, 9.17) is 9.47 Å². The molecule has 1 aromatic carbocycles. The van der Waals surface area contributed by atoms with Crippen molar-refractivity contribution in [1.82, 2.24) is 0 Å². The average Bonchev–Trinajstić information content (AvgIpc) is 2.98. The first-order valence-electron chi connectivity index (χ1n) is 8.92. The summed E-state index contributed by atoms with van der Waals surface area (Å²) in [6, 6.07) is 7.12. The zero-order valence-electron chi connectivity index (χ0n) is 16.7. The number of hydroxylamine groups is 1. The summed E-state index contributed by atoms with van der Waals surface area (Å²) >= 11 is 0. The van der Waals surface area contributed by atoms with E-state index in [0.29, 0.717) is 11.3 Å². The van der Waals surface area contributed by atoms with Crippen LogP contribution in [0.1, 0.15) is 20.8 Å². The van der Waals surface area contributed by atoms with Gasteiger partial charge in [0.15, 0.2) is 5.71 Å². The molecular formula is C20H25N3O5. The quantitative estimate of drug-likeness (QED) is 0.568. The Morgan fingerprint density at radius 1 is 1.04 bits per heavy atom. The van der Waals surface area contributed by atoms with Crippen LogP contribution >= 0.6 is 0 Å². The maximum atomic E-state index is 12.4. The van der Waals surface area contributed by atoms with Crippen molar-refractivity contribution in [3.8, 4) is 0 Å². The fraction of sp³-hybridized carbons (Fsp3) is 0.350. The van der Waals surface area contributed by atoms with Gasteiger partial charge in [-0.15, -0.1) is 0 Å². The smallest absolute Gasteiger partial charge is 0.357 e. The van der Waals surface area contributed by atoms with Gasteiger partial charge in [0, 0.05) is 19.8 Å². The Morgan fingerprint density at radius 2 is 1.57 bits per heavy atom. The monoisotopic (exact) mass is 387 g/mol. The Kier molecular flexibility index (Phi) is 6.94. The van der Waals surface area contributed by atoms with Gasteiger partial charge >= 0.3 is 11.9 Å². The van der Waals surface area contributed by atoms with Gasteiger partial charge in [-0.05, 0) is 50.6 Å². The Labute approximate surface area is 164 Å². The molecule has 0 spiro atoms. The van der Waals surface area contributed by atoms with E-state index in [-0.39, 0.29) is 30.2 Å². The number of esters is 2. The van der Waals surface area contributed by atoms with E-state index < -0.39 is 11.9 Å². The summed E-state index contributed by atoms with van der Waals surface area (Å²) in [5.74, 6) is -1.25. The number of rotatable bonds is 7. The van der Waals surface area contributed by atoms with E-state index in [2.05, 4.69) is 4.99 Å². The zero-order chi connectivity index (χ0) is 20.8. The third-order valence-electron chi connectivity index (χ3n) is 4.04. The molecule has 0 radical (unpaired) electrons. The van der Waals surface area contributed by atoms with Crippen LogP contribution in [0.2, 0.25) is 0 Å². The van der Waals surface area contributed by atoms with Gasteiger partial charge in [0.2, 0.25) is 0 Å². The number of hydrogen-bond donors (Lipinski definition) is 1. The summed E-state index contributed by atoms with van der Waals surface area (Å²) in [6.45, 7) is 5.32. The molecule has 1 heterocycles. The number of ether oxygens (including phenoxy) is 2. The SMILES string of the molecule is CCOC(=O)C1=NC(=CN(O)c2ccc(N(C)C)cc2)C(C(=O)OCC)=C1C. The highest BCUT2D eigenvalue weighted by Crippen LogP contribution is 2.29. The lowest BCUT2D eigenvalue weighted by Crippen LogP contribution is -2.18. The highest BCUT2D eigenvalue weighted by Gasteiger charge is 2.32. The second-order valence-electron chi connectivity index (χ2n) is 6.17. The van der Waals surface area contributed by atoms with Gasteiger partial charge < -0.3 is 14.4 Å². The van der Waals surface area contributed by atoms with Crippen molar-refractivity contribution < 1.29 is 24.3 Å². The summed E-state index contributed by atoms with van der Waals surface area (Å²) in [7, 11) is 3.83. The summed E-state index contributed by atoms with van der Waals surface area (Å²) in [5, 5.41) is 11.3. The fourth-order valence-corrected chi connectivity index (χ4v) is 2.62. The van der Waals surface area contributed by atoms with Crippen molar-refractivity contribution >= 4 is 29.0 Å². The first kappa shape index (κ1) is 21.2. The molecule has 8 nitrogen and oxygen atoms in total. The third-order valence-corrected chi connectivity index (χ3v) is 4.04. The average molecular weight is 387 g/mol. The van der Waals surface area contributed by atoms with Crippen molar-refractivity contribution in [2.45, 2.75) is 20.8 Å². The molecule has 0 atom stereocenters. The molecule has 0 fully saturated rings. The highest BCUT2D eigenvalue weighted by molar-refractivity contribution is 6.45. The van der Waals surface area contributed by atoms with Crippen LogP contribution < -0.4 is 9.96 Å². The normalized spacial score (nSPS) is 14.8. The number of hydrogen-bond acceptors (Lipinski definition) is 8. The fourth-order valence-electron chi connectivity index (χ4n) is 2.62. The molecule has 1 N–H and O–H groups in total. The van der Waals surface area contributed by atoms with E-state index >= 15 is 0 Å². The van der Waals surface area contributed by atoms with Gasteiger partial charge in [0.25, 0.3) is 0 Å². The second-order valence-corrected chi connectivity index (χ2v) is 6.17. The second kappa shape index (κ2) is 9.18. The van der Waals surface area contributed by atoms with Crippen LogP contribution in [0.4, 0.5) is 11.4 Å². The van der Waals surface area contributed by atoms with Crippen LogP contribution in [0.3, 0.4) is 0 Å². The van der Waals surface area contributed by atoms with Gasteiger partial charge in [-0.1, -0.05) is 0 Å². The van der Waals surface area contributed by atoms with E-state index in [0.717, 1.165) is 10.8 Å². The van der Waals surface area contributed by atoms with Crippen molar-refractivity contribution in [2.75, 3.05) is 37.3 Å². The van der Waals surface area contributed by atoms with E-state index in [1.54, 1.807) is 32.9 Å². The summed E-state index contributed by atoms with van der Waals surface area (Å²) in [5.41, 5.74) is 2.05. The molecule has 8 heteroatoms. The molecule has 1 aliphatic rings. The number of carbonyl (C=O) groups is 2. The minimum Gasteiger partial charge on any atom is -0.462 e. The van der Waals surface area contributed by atoms with Crippen LogP contribution in [0.15, 0.2) is 52.3 Å². The maximum absolute atomic E-state index is 12.4. The molecule has 0 unspecified atom stereocenters. The molecule has 0 aromatic heterocycles.